The van der Waals surface area contributed by atoms with Crippen molar-refractivity contribution < 1.29 is 21.6 Å². The topological polar surface area (TPSA) is 34.6 Å². The highest BCUT2D eigenvalue weighted by Gasteiger charge is 2.22. The highest BCUT2D eigenvalue weighted by atomic mass is 35.5. The predicted molar refractivity (Wildman–Crippen MR) is 88.3 cm³/mol. The summed E-state index contributed by atoms with van der Waals surface area (Å²) < 4.78 is 13.2. The van der Waals surface area contributed by atoms with Gasteiger partial charge in [-0.05, 0) is 58.4 Å². The number of nitrogens with zero attached hydrogens (tertiary/aromatic N) is 4. The van der Waals surface area contributed by atoms with Crippen LogP contribution in [0.1, 0.15) is 0 Å². The van der Waals surface area contributed by atoms with Crippen molar-refractivity contribution in [3.05, 3.63) is 90.7 Å². The molecule has 1 heterocycles. The molecule has 0 bridgehead atoms. The zero-order valence-electron chi connectivity index (χ0n) is 13.1. The number of halogens is 2. The normalized spacial score (nSPS) is 10.3. The van der Waals surface area contributed by atoms with Gasteiger partial charge in [0.05, 0.1) is 10.7 Å². The third-order valence-corrected chi connectivity index (χ3v) is 3.64. The molecule has 0 saturated heterocycles. The molecule has 0 aliphatic carbocycles. The molecule has 0 radical (unpaired) electrons. The Bertz CT molecular complexity index is 954. The Morgan fingerprint density at radius 1 is 0.760 bits per heavy atom. The van der Waals surface area contributed by atoms with E-state index in [1.165, 1.54) is 12.1 Å². The Morgan fingerprint density at radius 3 is 2.00 bits per heavy atom. The van der Waals surface area contributed by atoms with Crippen LogP contribution in [-0.2, 0) is 0 Å². The molecule has 0 atom stereocenters. The minimum absolute atomic E-state index is 0. The van der Waals surface area contributed by atoms with Crippen molar-refractivity contribution in [1.82, 2.24) is 15.0 Å². The third-order valence-electron chi connectivity index (χ3n) is 3.64. The lowest BCUT2D eigenvalue weighted by Gasteiger charge is -1.99. The molecule has 25 heavy (non-hydrogen) atoms. The second-order valence-corrected chi connectivity index (χ2v) is 5.28. The Kier molecular flexibility index (Phi) is 4.86. The molecule has 0 N–H and O–H groups in total. The fraction of sp³-hybridized carbons (Fsp3) is 0. The molecule has 0 unspecified atom stereocenters. The van der Waals surface area contributed by atoms with Crippen LogP contribution in [0.2, 0.25) is 0 Å². The number of hydrogen-bond donors (Lipinski definition) is 0. The minimum atomic E-state index is -0.284. The maximum absolute atomic E-state index is 13.2. The first-order valence-electron chi connectivity index (χ1n) is 7.58. The summed E-state index contributed by atoms with van der Waals surface area (Å²) in [5, 5.41) is 9.23. The summed E-state index contributed by atoms with van der Waals surface area (Å²) in [4.78, 5) is 3.37. The average Bonchev–Trinajstić information content (AvgIpc) is 3.09. The summed E-state index contributed by atoms with van der Waals surface area (Å²) in [7, 11) is 0. The quantitative estimate of drug-likeness (QED) is 0.499. The zero-order chi connectivity index (χ0) is 16.4. The van der Waals surface area contributed by atoms with Gasteiger partial charge in [-0.15, -0.1) is 0 Å². The Labute approximate surface area is 150 Å². The summed E-state index contributed by atoms with van der Waals surface area (Å²) in [5.41, 5.74) is 2.52. The Hall–Kier alpha value is -3.05. The van der Waals surface area contributed by atoms with Crippen LogP contribution in [0.3, 0.4) is 0 Å². The van der Waals surface area contributed by atoms with Crippen LogP contribution in [0.25, 0.3) is 22.8 Å². The summed E-state index contributed by atoms with van der Waals surface area (Å²) in [5.74, 6) is 0.317. The van der Waals surface area contributed by atoms with Gasteiger partial charge in [0.1, 0.15) is 11.5 Å². The summed E-state index contributed by atoms with van der Waals surface area (Å²) in [6.45, 7) is 0. The molecule has 0 amide bonds. The first-order valence-corrected chi connectivity index (χ1v) is 7.58. The van der Waals surface area contributed by atoms with E-state index in [0.717, 1.165) is 16.9 Å². The van der Waals surface area contributed by atoms with Crippen molar-refractivity contribution in [2.45, 2.75) is 0 Å². The molecule has 0 fully saturated rings. The molecule has 0 saturated carbocycles. The smallest absolute Gasteiger partial charge is 0.340 e. The fourth-order valence-corrected chi connectivity index (χ4v) is 2.46. The second kappa shape index (κ2) is 7.23. The van der Waals surface area contributed by atoms with Gasteiger partial charge in [0.2, 0.25) is 0 Å². The molecule has 4 rings (SSSR count). The van der Waals surface area contributed by atoms with E-state index in [1.807, 2.05) is 60.7 Å². The molecule has 0 aliphatic heterocycles. The monoisotopic (exact) mass is 352 g/mol. The van der Waals surface area contributed by atoms with E-state index in [1.54, 1.807) is 21.7 Å². The highest BCUT2D eigenvalue weighted by molar-refractivity contribution is 5.53. The standard InChI is InChI=1S/C19H14FN4.ClH/c20-16-11-13-18(14-12-16)24-22-19(15-7-3-1-4-8-15)21-23(24)17-9-5-2-6-10-17;/h1-14H;1H/q+1;/p-1. The first kappa shape index (κ1) is 16.8. The molecule has 1 aromatic heterocycles. The molecular weight excluding hydrogens is 339 g/mol. The number of benzene rings is 3. The number of rotatable bonds is 3. The van der Waals surface area contributed by atoms with E-state index < -0.39 is 0 Å². The molecule has 3 aromatic carbocycles. The number of para-hydroxylation sites is 1. The van der Waals surface area contributed by atoms with Crippen molar-refractivity contribution >= 4 is 0 Å². The minimum Gasteiger partial charge on any atom is -1.00 e. The highest BCUT2D eigenvalue weighted by Crippen LogP contribution is 2.14. The maximum atomic E-state index is 13.2. The van der Waals surface area contributed by atoms with Gasteiger partial charge in [0.25, 0.3) is 0 Å². The lowest BCUT2D eigenvalue weighted by Crippen LogP contribution is -3.00. The van der Waals surface area contributed by atoms with Gasteiger partial charge in [-0.2, -0.15) is 0 Å². The van der Waals surface area contributed by atoms with Crippen LogP contribution in [0.4, 0.5) is 4.39 Å². The van der Waals surface area contributed by atoms with Gasteiger partial charge < -0.3 is 12.4 Å². The van der Waals surface area contributed by atoms with Crippen LogP contribution in [0, 0.1) is 5.82 Å². The molecule has 124 valence electrons. The average molecular weight is 353 g/mol. The Morgan fingerprint density at radius 2 is 1.36 bits per heavy atom. The number of aromatic nitrogens is 4. The lowest BCUT2D eigenvalue weighted by molar-refractivity contribution is -0.734. The van der Waals surface area contributed by atoms with Gasteiger partial charge >= 0.3 is 5.82 Å². The van der Waals surface area contributed by atoms with Gasteiger partial charge in [-0.25, -0.2) is 4.39 Å². The predicted octanol–water partition coefficient (Wildman–Crippen LogP) is 0.354. The molecule has 4 aromatic rings. The van der Waals surface area contributed by atoms with E-state index in [9.17, 15) is 4.39 Å². The van der Waals surface area contributed by atoms with E-state index in [4.69, 9.17) is 0 Å². The fourth-order valence-electron chi connectivity index (χ4n) is 2.46. The van der Waals surface area contributed by atoms with E-state index in [-0.39, 0.29) is 18.2 Å². The molecule has 0 aliphatic rings. The SMILES string of the molecule is Fc1ccc(-[n+]2nc(-c3ccccc3)nn2-c2ccccc2)cc1.[Cl-]. The lowest BCUT2D eigenvalue weighted by atomic mass is 10.2. The van der Waals surface area contributed by atoms with Gasteiger partial charge in [-0.3, -0.25) is 0 Å². The van der Waals surface area contributed by atoms with Crippen LogP contribution in [0.15, 0.2) is 84.9 Å². The summed E-state index contributed by atoms with van der Waals surface area (Å²) >= 11 is 0. The van der Waals surface area contributed by atoms with Crippen molar-refractivity contribution in [2.75, 3.05) is 0 Å². The molecule has 0 spiro atoms. The van der Waals surface area contributed by atoms with Gasteiger partial charge in [0, 0.05) is 4.80 Å². The molecule has 4 nitrogen and oxygen atoms in total. The van der Waals surface area contributed by atoms with Gasteiger partial charge in [-0.1, -0.05) is 36.4 Å². The molecular formula is C19H14ClFN4. The van der Waals surface area contributed by atoms with Crippen LogP contribution in [0.5, 0.6) is 0 Å². The van der Waals surface area contributed by atoms with E-state index >= 15 is 0 Å². The van der Waals surface area contributed by atoms with E-state index in [2.05, 4.69) is 10.2 Å². The third kappa shape index (κ3) is 3.41. The van der Waals surface area contributed by atoms with Crippen molar-refractivity contribution in [3.63, 3.8) is 0 Å². The number of tetrazole rings is 1. The van der Waals surface area contributed by atoms with Crippen LogP contribution in [-0.4, -0.2) is 15.0 Å². The van der Waals surface area contributed by atoms with Crippen LogP contribution >= 0.6 is 0 Å². The van der Waals surface area contributed by atoms with Crippen molar-refractivity contribution in [2.24, 2.45) is 0 Å². The van der Waals surface area contributed by atoms with Crippen LogP contribution < -0.4 is 17.2 Å². The van der Waals surface area contributed by atoms with Gasteiger partial charge in [0.15, 0.2) is 5.69 Å². The summed E-state index contributed by atoms with van der Waals surface area (Å²) in [6, 6.07) is 25.7. The molecule has 6 heteroatoms. The first-order chi connectivity index (χ1) is 11.8. The van der Waals surface area contributed by atoms with Crippen molar-refractivity contribution in [1.29, 1.82) is 0 Å². The number of hydrogen-bond acceptors (Lipinski definition) is 2. The second-order valence-electron chi connectivity index (χ2n) is 5.28. The largest absolute Gasteiger partial charge is 1.00 e. The zero-order valence-corrected chi connectivity index (χ0v) is 13.9. The maximum Gasteiger partial charge on any atom is 0.340 e. The Balaban J connectivity index is 0.00000182. The van der Waals surface area contributed by atoms with Crippen molar-refractivity contribution in [3.8, 4) is 22.8 Å². The van der Waals surface area contributed by atoms with E-state index in [0.29, 0.717) is 5.82 Å². The summed E-state index contributed by atoms with van der Waals surface area (Å²) in [6.07, 6.45) is 0.